The van der Waals surface area contributed by atoms with Crippen molar-refractivity contribution in [1.82, 2.24) is 4.98 Å². The Hall–Kier alpha value is -2.23. The van der Waals surface area contributed by atoms with E-state index >= 15 is 0 Å². The summed E-state index contributed by atoms with van der Waals surface area (Å²) in [5, 5.41) is 1.27. The van der Waals surface area contributed by atoms with Crippen molar-refractivity contribution in [3.63, 3.8) is 0 Å². The van der Waals surface area contributed by atoms with Crippen molar-refractivity contribution in [3.05, 3.63) is 76.9 Å². The zero-order valence-corrected chi connectivity index (χ0v) is 16.4. The van der Waals surface area contributed by atoms with Gasteiger partial charge < -0.3 is 0 Å². The molecular formula is C23H19ClFNS. The van der Waals surface area contributed by atoms with Gasteiger partial charge >= 0.3 is 0 Å². The van der Waals surface area contributed by atoms with Gasteiger partial charge in [-0.15, -0.1) is 23.7 Å². The SMILES string of the molecule is Cl.Fc1ccccc1-c1cc(-c2ccccc2)c2c3c(sc2n1)CCCC3. The Morgan fingerprint density at radius 1 is 0.852 bits per heavy atom. The molecule has 0 N–H and O–H groups in total. The highest BCUT2D eigenvalue weighted by Crippen LogP contribution is 2.42. The second kappa shape index (κ2) is 7.41. The van der Waals surface area contributed by atoms with Crippen molar-refractivity contribution in [3.8, 4) is 22.4 Å². The molecule has 0 bridgehead atoms. The average Bonchev–Trinajstić information content (AvgIpc) is 3.07. The molecule has 4 aromatic rings. The lowest BCUT2D eigenvalue weighted by molar-refractivity contribution is 0.631. The summed E-state index contributed by atoms with van der Waals surface area (Å²) in [6.07, 6.45) is 4.75. The number of pyridine rings is 1. The molecule has 0 aliphatic heterocycles. The van der Waals surface area contributed by atoms with Crippen molar-refractivity contribution in [2.24, 2.45) is 0 Å². The molecule has 1 nitrogen and oxygen atoms in total. The van der Waals surface area contributed by atoms with E-state index in [9.17, 15) is 4.39 Å². The van der Waals surface area contributed by atoms with Gasteiger partial charge in [0.15, 0.2) is 0 Å². The predicted octanol–water partition coefficient (Wildman–Crippen LogP) is 7.07. The van der Waals surface area contributed by atoms with E-state index in [1.807, 2.05) is 18.2 Å². The standard InChI is InChI=1S/C23H18FNS.ClH/c24-19-12-6-4-10-16(19)20-14-18(15-8-2-1-3-9-15)22-17-11-5-7-13-21(17)26-23(22)25-20;/h1-4,6,8-10,12,14H,5,7,11,13H2;1H. The summed E-state index contributed by atoms with van der Waals surface area (Å²) in [5.74, 6) is -0.223. The number of aryl methyl sites for hydroxylation is 2. The quantitative estimate of drug-likeness (QED) is 0.353. The third-order valence-corrected chi connectivity index (χ3v) is 6.35. The second-order valence-electron chi connectivity index (χ2n) is 6.79. The van der Waals surface area contributed by atoms with Gasteiger partial charge in [0.25, 0.3) is 0 Å². The lowest BCUT2D eigenvalue weighted by atomic mass is 9.92. The summed E-state index contributed by atoms with van der Waals surface area (Å²) in [6, 6.07) is 19.4. The first-order valence-electron chi connectivity index (χ1n) is 9.07. The fourth-order valence-corrected chi connectivity index (χ4v) is 5.20. The Bertz CT molecular complexity index is 1100. The van der Waals surface area contributed by atoms with E-state index in [4.69, 9.17) is 4.98 Å². The molecule has 0 amide bonds. The van der Waals surface area contributed by atoms with E-state index in [1.165, 1.54) is 45.9 Å². The number of nitrogens with zero attached hydrogens (tertiary/aromatic N) is 1. The smallest absolute Gasteiger partial charge is 0.132 e. The van der Waals surface area contributed by atoms with Crippen LogP contribution in [0.25, 0.3) is 32.6 Å². The highest BCUT2D eigenvalue weighted by molar-refractivity contribution is 7.19. The molecule has 1 aliphatic carbocycles. The Kier molecular flexibility index (Phi) is 4.98. The first kappa shape index (κ1) is 18.1. The topological polar surface area (TPSA) is 12.9 Å². The Balaban J connectivity index is 0.00000180. The van der Waals surface area contributed by atoms with E-state index in [1.54, 1.807) is 17.4 Å². The molecule has 2 aromatic heterocycles. The van der Waals surface area contributed by atoms with E-state index in [2.05, 4.69) is 30.3 Å². The number of hydrogen-bond donors (Lipinski definition) is 0. The molecule has 0 fully saturated rings. The molecule has 0 spiro atoms. The Labute approximate surface area is 168 Å². The van der Waals surface area contributed by atoms with Gasteiger partial charge in [-0.05, 0) is 60.6 Å². The number of hydrogen-bond acceptors (Lipinski definition) is 2. The van der Waals surface area contributed by atoms with E-state index in [-0.39, 0.29) is 18.2 Å². The maximum absolute atomic E-state index is 14.4. The Morgan fingerprint density at radius 3 is 2.41 bits per heavy atom. The van der Waals surface area contributed by atoms with Crippen LogP contribution in [-0.4, -0.2) is 4.98 Å². The van der Waals surface area contributed by atoms with Crippen molar-refractivity contribution < 1.29 is 4.39 Å². The molecule has 0 radical (unpaired) electrons. The van der Waals surface area contributed by atoms with E-state index in [0.717, 1.165) is 17.7 Å². The number of benzene rings is 2. The van der Waals surface area contributed by atoms with Crippen LogP contribution in [0.5, 0.6) is 0 Å². The van der Waals surface area contributed by atoms with Gasteiger partial charge in [0.2, 0.25) is 0 Å². The van der Waals surface area contributed by atoms with Crippen LogP contribution in [0.15, 0.2) is 60.7 Å². The molecule has 0 saturated heterocycles. The molecule has 4 heteroatoms. The summed E-state index contributed by atoms with van der Waals surface area (Å²) in [6.45, 7) is 0. The normalized spacial score (nSPS) is 13.2. The Morgan fingerprint density at radius 2 is 1.59 bits per heavy atom. The van der Waals surface area contributed by atoms with Crippen LogP contribution in [0.1, 0.15) is 23.3 Å². The molecular weight excluding hydrogens is 377 g/mol. The van der Waals surface area contributed by atoms with Gasteiger partial charge in [0, 0.05) is 15.8 Å². The summed E-state index contributed by atoms with van der Waals surface area (Å²) < 4.78 is 14.4. The van der Waals surface area contributed by atoms with Gasteiger partial charge in [-0.3, -0.25) is 0 Å². The highest BCUT2D eigenvalue weighted by Gasteiger charge is 2.21. The predicted molar refractivity (Wildman–Crippen MR) is 114 cm³/mol. The largest absolute Gasteiger partial charge is 0.237 e. The van der Waals surface area contributed by atoms with Crippen LogP contribution < -0.4 is 0 Å². The average molecular weight is 396 g/mol. The summed E-state index contributed by atoms with van der Waals surface area (Å²) >= 11 is 1.79. The molecule has 1 aliphatic rings. The third kappa shape index (κ3) is 3.15. The minimum absolute atomic E-state index is 0. The van der Waals surface area contributed by atoms with Crippen molar-refractivity contribution in [2.75, 3.05) is 0 Å². The number of thiophene rings is 1. The maximum atomic E-state index is 14.4. The van der Waals surface area contributed by atoms with Crippen LogP contribution in [0.2, 0.25) is 0 Å². The van der Waals surface area contributed by atoms with Gasteiger partial charge in [-0.1, -0.05) is 42.5 Å². The molecule has 0 saturated carbocycles. The second-order valence-corrected chi connectivity index (χ2v) is 7.88. The molecule has 5 rings (SSSR count). The first-order chi connectivity index (χ1) is 12.8. The molecule has 0 unspecified atom stereocenters. The monoisotopic (exact) mass is 395 g/mol. The van der Waals surface area contributed by atoms with Crippen LogP contribution in [-0.2, 0) is 12.8 Å². The van der Waals surface area contributed by atoms with Gasteiger partial charge in [0.1, 0.15) is 10.6 Å². The van der Waals surface area contributed by atoms with Gasteiger partial charge in [-0.2, -0.15) is 0 Å². The summed E-state index contributed by atoms with van der Waals surface area (Å²) in [5.41, 5.74) is 5.09. The van der Waals surface area contributed by atoms with Gasteiger partial charge in [0.05, 0.1) is 5.69 Å². The van der Waals surface area contributed by atoms with Crippen LogP contribution in [0.4, 0.5) is 4.39 Å². The summed E-state index contributed by atoms with van der Waals surface area (Å²) in [4.78, 5) is 7.37. The van der Waals surface area contributed by atoms with Crippen LogP contribution in [0, 0.1) is 5.82 Å². The molecule has 0 atom stereocenters. The van der Waals surface area contributed by atoms with Crippen LogP contribution >= 0.6 is 23.7 Å². The zero-order valence-electron chi connectivity index (χ0n) is 14.7. The molecule has 136 valence electrons. The minimum Gasteiger partial charge on any atom is -0.237 e. The van der Waals surface area contributed by atoms with Gasteiger partial charge in [-0.25, -0.2) is 9.37 Å². The lowest BCUT2D eigenvalue weighted by Gasteiger charge is -2.13. The number of halogens is 2. The fraction of sp³-hybridized carbons (Fsp3) is 0.174. The number of rotatable bonds is 2. The fourth-order valence-electron chi connectivity index (χ4n) is 3.91. The molecule has 2 aromatic carbocycles. The highest BCUT2D eigenvalue weighted by atomic mass is 35.5. The maximum Gasteiger partial charge on any atom is 0.132 e. The van der Waals surface area contributed by atoms with E-state index < -0.39 is 0 Å². The first-order valence-corrected chi connectivity index (χ1v) is 9.88. The molecule has 27 heavy (non-hydrogen) atoms. The van der Waals surface area contributed by atoms with E-state index in [0.29, 0.717) is 11.3 Å². The third-order valence-electron chi connectivity index (χ3n) is 5.16. The van der Waals surface area contributed by atoms with Crippen molar-refractivity contribution >= 4 is 34.0 Å². The number of aromatic nitrogens is 1. The minimum atomic E-state index is -0.223. The van der Waals surface area contributed by atoms with Crippen molar-refractivity contribution in [1.29, 1.82) is 0 Å². The molecule has 2 heterocycles. The zero-order chi connectivity index (χ0) is 17.5. The number of fused-ring (bicyclic) bond motifs is 3. The summed E-state index contributed by atoms with van der Waals surface area (Å²) in [7, 11) is 0. The van der Waals surface area contributed by atoms with Crippen LogP contribution in [0.3, 0.4) is 0 Å². The van der Waals surface area contributed by atoms with Crippen molar-refractivity contribution in [2.45, 2.75) is 25.7 Å². The lowest BCUT2D eigenvalue weighted by Crippen LogP contribution is -1.99.